The number of hydrogen-bond acceptors (Lipinski definition) is 6. The number of furan rings is 2. The molecule has 0 radical (unpaired) electrons. The summed E-state index contributed by atoms with van der Waals surface area (Å²) in [6.07, 6.45) is 0. The molecule has 0 saturated carbocycles. The molecule has 5 nitrogen and oxygen atoms in total. The summed E-state index contributed by atoms with van der Waals surface area (Å²) in [6.45, 7) is 4.33. The van der Waals surface area contributed by atoms with Crippen molar-refractivity contribution in [3.05, 3.63) is 252 Å². The number of ether oxygens (including phenoxy) is 2. The summed E-state index contributed by atoms with van der Waals surface area (Å²) >= 11 is 7.80. The minimum atomic E-state index is -3.10. The Morgan fingerprint density at radius 3 is 1.50 bits per heavy atom. The minimum absolute atomic E-state index is 0.751. The van der Waals surface area contributed by atoms with E-state index in [9.17, 15) is 0 Å². The highest BCUT2D eigenvalue weighted by molar-refractivity contribution is 8.26. The molecule has 4 aliphatic rings. The first kappa shape index (κ1) is 43.0. The van der Waals surface area contributed by atoms with Gasteiger partial charge in [0.15, 0.2) is 0 Å². The zero-order chi connectivity index (χ0) is 51.3. The molecule has 6 heterocycles. The van der Waals surface area contributed by atoms with Gasteiger partial charge in [0.2, 0.25) is 0 Å². The van der Waals surface area contributed by atoms with Crippen LogP contribution in [0.2, 0.25) is 0 Å². The second kappa shape index (κ2) is 15.1. The summed E-state index contributed by atoms with van der Waals surface area (Å²) in [5, 5.41) is 11.9. The summed E-state index contributed by atoms with van der Waals surface area (Å²) in [5.41, 5.74) is 16.7. The number of fused-ring (bicyclic) bond motifs is 11. The molecule has 366 valence electrons. The van der Waals surface area contributed by atoms with Gasteiger partial charge in [0, 0.05) is 32.7 Å². The van der Waals surface area contributed by atoms with E-state index in [0.29, 0.717) is 0 Å². The van der Waals surface area contributed by atoms with E-state index in [2.05, 4.69) is 237 Å². The lowest BCUT2D eigenvalue weighted by molar-refractivity contribution is 0.467. The number of benzene rings is 12. The van der Waals surface area contributed by atoms with E-state index in [1.54, 1.807) is 0 Å². The fourth-order valence-electron chi connectivity index (χ4n) is 14.0. The molecule has 7 heteroatoms. The number of anilines is 3. The average Bonchev–Trinajstić information content (AvgIpc) is 2.30. The first-order chi connectivity index (χ1) is 38.3. The molecule has 0 N–H and O–H groups in total. The van der Waals surface area contributed by atoms with Crippen molar-refractivity contribution in [3.8, 4) is 45.3 Å². The lowest BCUT2D eigenvalue weighted by Crippen LogP contribution is -2.47. The van der Waals surface area contributed by atoms with Crippen LogP contribution in [0.4, 0.5) is 17.1 Å². The van der Waals surface area contributed by atoms with Gasteiger partial charge in [0.05, 0.1) is 44.4 Å². The minimum Gasteiger partial charge on any atom is -0.456 e. The van der Waals surface area contributed by atoms with Crippen LogP contribution in [0.1, 0.15) is 33.4 Å². The van der Waals surface area contributed by atoms with Gasteiger partial charge in [-0.1, -0.05) is 151 Å². The first-order valence-electron chi connectivity index (χ1n) is 26.5. The molecule has 2 aromatic heterocycles. The van der Waals surface area contributed by atoms with Crippen LogP contribution in [0.15, 0.2) is 227 Å². The topological polar surface area (TPSA) is 48.0 Å². The zero-order valence-corrected chi connectivity index (χ0v) is 43.9. The Balaban J connectivity index is 0.987. The lowest BCUT2D eigenvalue weighted by Gasteiger charge is -2.53. The Hall–Kier alpha value is -9.19. The Kier molecular flexibility index (Phi) is 8.29. The summed E-state index contributed by atoms with van der Waals surface area (Å²) < 4.78 is 28.3. The normalized spacial score (nSPS) is 15.9. The Morgan fingerprint density at radius 1 is 0.397 bits per heavy atom. The third kappa shape index (κ3) is 5.43. The SMILES string of the molecule is Cc1cc2c3c(c1)Oc1c(-c4ccc5oc6cc7ccccc7cc6c5c4)cc4c5c1P3(=S)c1c(ccc(-c3ccc6oc7cc8ccccc8cc7c6c3)c1O2)N5c1ccc(C)cc1C4(c1ccccc1)c1ccccc1. The van der Waals surface area contributed by atoms with Gasteiger partial charge < -0.3 is 23.2 Å². The van der Waals surface area contributed by atoms with Gasteiger partial charge in [0.1, 0.15) is 45.3 Å². The van der Waals surface area contributed by atoms with Crippen molar-refractivity contribution in [1.82, 2.24) is 0 Å². The molecule has 0 aliphatic carbocycles. The van der Waals surface area contributed by atoms with Crippen molar-refractivity contribution >= 4 is 116 Å². The second-order valence-corrected chi connectivity index (χ2v) is 25.8. The van der Waals surface area contributed by atoms with Crippen LogP contribution in [-0.2, 0) is 17.2 Å². The molecule has 18 rings (SSSR count). The van der Waals surface area contributed by atoms with Gasteiger partial charge in [0.25, 0.3) is 0 Å². The monoisotopic (exact) mass is 1040 g/mol. The second-order valence-electron chi connectivity index (χ2n) is 21.6. The van der Waals surface area contributed by atoms with Crippen LogP contribution in [0.3, 0.4) is 0 Å². The lowest BCUT2D eigenvalue weighted by atomic mass is 9.61. The molecule has 0 fully saturated rings. The average molecular weight is 1040 g/mol. The molecule has 4 aliphatic heterocycles. The Labute approximate surface area is 453 Å². The van der Waals surface area contributed by atoms with Gasteiger partial charge in [-0.15, -0.1) is 0 Å². The standard InChI is InChI=1S/C71H42NO4PS/c1-39-21-25-57-55(29-39)71(47-17-5-3-6-18-47,48-19-7-4-8-20-48)56-38-50(46-23-28-60-52(35-46)54-33-42-14-10-12-16-44(42)37-62(54)74-60)67-70-65(56)72(57)58-26-24-49(66-68(58)77(70,78)69-63(75-66)30-40(2)31-64(69)76-67)45-22-27-59-51(34-45)53-32-41-13-9-11-15-43(41)36-61(53)73-59/h3-38H,1-2H3. The van der Waals surface area contributed by atoms with Crippen LogP contribution in [-0.4, -0.2) is 0 Å². The van der Waals surface area contributed by atoms with E-state index in [-0.39, 0.29) is 0 Å². The van der Waals surface area contributed by atoms with Gasteiger partial charge in [-0.3, -0.25) is 0 Å². The van der Waals surface area contributed by atoms with Crippen LogP contribution in [0.25, 0.3) is 87.7 Å². The fraction of sp³-hybridized carbons (Fsp3) is 0.0423. The van der Waals surface area contributed by atoms with E-state index in [1.807, 2.05) is 0 Å². The highest BCUT2D eigenvalue weighted by Crippen LogP contribution is 2.71. The van der Waals surface area contributed by atoms with Crippen molar-refractivity contribution in [2.75, 3.05) is 4.90 Å². The highest BCUT2D eigenvalue weighted by Gasteiger charge is 2.57. The number of nitrogens with zero attached hydrogens (tertiary/aromatic N) is 1. The molecule has 0 bridgehead atoms. The highest BCUT2D eigenvalue weighted by atomic mass is 32.4. The third-order valence-corrected chi connectivity index (χ3v) is 22.1. The molecule has 1 unspecified atom stereocenters. The largest absolute Gasteiger partial charge is 0.456 e. The summed E-state index contributed by atoms with van der Waals surface area (Å²) in [4.78, 5) is 2.51. The summed E-state index contributed by atoms with van der Waals surface area (Å²) in [7, 11) is 0. The van der Waals surface area contributed by atoms with Crippen molar-refractivity contribution in [1.29, 1.82) is 0 Å². The molecule has 14 aromatic rings. The van der Waals surface area contributed by atoms with Gasteiger partial charge >= 0.3 is 0 Å². The number of hydrogen-bond donors (Lipinski definition) is 0. The maximum atomic E-state index is 7.80. The van der Waals surface area contributed by atoms with E-state index in [1.165, 1.54) is 33.0 Å². The molecular formula is C71H42NO4PS. The van der Waals surface area contributed by atoms with Crippen molar-refractivity contribution in [2.45, 2.75) is 19.3 Å². The van der Waals surface area contributed by atoms with Crippen LogP contribution in [0.5, 0.6) is 23.0 Å². The molecule has 0 amide bonds. The van der Waals surface area contributed by atoms with E-state index < -0.39 is 11.5 Å². The molecule has 1 atom stereocenters. The fourth-order valence-corrected chi connectivity index (χ4v) is 19.0. The third-order valence-electron chi connectivity index (χ3n) is 17.3. The van der Waals surface area contributed by atoms with Gasteiger partial charge in [-0.05, 0) is 159 Å². The van der Waals surface area contributed by atoms with E-state index in [4.69, 9.17) is 30.1 Å². The zero-order valence-electron chi connectivity index (χ0n) is 42.2. The van der Waals surface area contributed by atoms with Crippen molar-refractivity contribution < 1.29 is 18.3 Å². The molecular weight excluding hydrogens is 994 g/mol. The number of rotatable bonds is 4. The first-order valence-corrected chi connectivity index (χ1v) is 29.4. The smallest absolute Gasteiger partial charge is 0.146 e. The molecule has 12 aromatic carbocycles. The van der Waals surface area contributed by atoms with Crippen LogP contribution in [0, 0.1) is 13.8 Å². The predicted molar refractivity (Wildman–Crippen MR) is 323 cm³/mol. The maximum absolute atomic E-state index is 7.80. The molecule has 0 spiro atoms. The van der Waals surface area contributed by atoms with Gasteiger partial charge in [-0.25, -0.2) is 0 Å². The van der Waals surface area contributed by atoms with E-state index in [0.717, 1.165) is 144 Å². The quantitative estimate of drug-likeness (QED) is 0.164. The number of aryl methyl sites for hydroxylation is 2. The Bertz CT molecular complexity index is 5060. The van der Waals surface area contributed by atoms with E-state index >= 15 is 0 Å². The summed E-state index contributed by atoms with van der Waals surface area (Å²) in [5.74, 6) is 3.08. The van der Waals surface area contributed by atoms with Crippen molar-refractivity contribution in [3.63, 3.8) is 0 Å². The molecule has 0 saturated heterocycles. The predicted octanol–water partition coefficient (Wildman–Crippen LogP) is 18.2. The van der Waals surface area contributed by atoms with Crippen molar-refractivity contribution in [2.24, 2.45) is 0 Å². The van der Waals surface area contributed by atoms with Crippen LogP contribution >= 0.6 is 6.04 Å². The molecule has 78 heavy (non-hydrogen) atoms. The summed E-state index contributed by atoms with van der Waals surface area (Å²) in [6, 6.07) is 76.4. The Morgan fingerprint density at radius 2 is 0.910 bits per heavy atom. The van der Waals surface area contributed by atoms with Crippen LogP contribution < -0.4 is 30.3 Å². The van der Waals surface area contributed by atoms with Gasteiger partial charge in [-0.2, -0.15) is 0 Å². The maximum Gasteiger partial charge on any atom is 0.146 e.